The van der Waals surface area contributed by atoms with E-state index in [-0.39, 0.29) is 5.97 Å². The van der Waals surface area contributed by atoms with Gasteiger partial charge in [0, 0.05) is 5.57 Å². The molecule has 1 rings (SSSR count). The fourth-order valence-electron chi connectivity index (χ4n) is 1.59. The normalized spacial score (nSPS) is 10.8. The Balaban J connectivity index is 3.27. The van der Waals surface area contributed by atoms with E-state index in [0.717, 1.165) is 16.7 Å². The Hall–Kier alpha value is -2.09. The summed E-state index contributed by atoms with van der Waals surface area (Å²) in [6.45, 7) is 9.25. The standard InChI is InChI=1S/C15H16O2/c1-5-12-8-7-9-13(14(12)6-2)10-11(3)15(16)17-4/h5-10H,1-2H2,3-4H3/b11-10+. The van der Waals surface area contributed by atoms with Gasteiger partial charge in [0.05, 0.1) is 7.11 Å². The molecule has 0 N–H and O–H groups in total. The van der Waals surface area contributed by atoms with Gasteiger partial charge in [0.2, 0.25) is 0 Å². The average Bonchev–Trinajstić information content (AvgIpc) is 2.37. The Bertz CT molecular complexity index is 482. The zero-order valence-electron chi connectivity index (χ0n) is 10.2. The minimum Gasteiger partial charge on any atom is -0.466 e. The highest BCUT2D eigenvalue weighted by Crippen LogP contribution is 2.20. The lowest BCUT2D eigenvalue weighted by Gasteiger charge is -2.06. The largest absolute Gasteiger partial charge is 0.466 e. The van der Waals surface area contributed by atoms with Gasteiger partial charge in [-0.05, 0) is 29.7 Å². The van der Waals surface area contributed by atoms with Crippen molar-refractivity contribution in [2.24, 2.45) is 0 Å². The highest BCUT2D eigenvalue weighted by Gasteiger charge is 2.06. The molecule has 1 aromatic carbocycles. The van der Waals surface area contributed by atoms with Gasteiger partial charge in [0.15, 0.2) is 0 Å². The Morgan fingerprint density at radius 2 is 1.88 bits per heavy atom. The highest BCUT2D eigenvalue weighted by atomic mass is 16.5. The molecule has 0 heterocycles. The van der Waals surface area contributed by atoms with Crippen LogP contribution in [-0.4, -0.2) is 13.1 Å². The van der Waals surface area contributed by atoms with Crippen molar-refractivity contribution in [2.75, 3.05) is 7.11 Å². The Labute approximate surface area is 102 Å². The summed E-state index contributed by atoms with van der Waals surface area (Å²) < 4.78 is 4.66. The zero-order valence-corrected chi connectivity index (χ0v) is 10.2. The number of esters is 1. The molecule has 0 saturated heterocycles. The molecule has 0 saturated carbocycles. The van der Waals surface area contributed by atoms with Crippen LogP contribution < -0.4 is 0 Å². The molecule has 0 fully saturated rings. The maximum Gasteiger partial charge on any atom is 0.333 e. The second-order valence-corrected chi connectivity index (χ2v) is 3.58. The predicted octanol–water partition coefficient (Wildman–Crippen LogP) is 3.55. The third-order valence-corrected chi connectivity index (χ3v) is 2.48. The zero-order chi connectivity index (χ0) is 12.8. The molecule has 0 aliphatic heterocycles. The van der Waals surface area contributed by atoms with Crippen LogP contribution in [0.5, 0.6) is 0 Å². The van der Waals surface area contributed by atoms with Crippen LogP contribution >= 0.6 is 0 Å². The van der Waals surface area contributed by atoms with E-state index in [4.69, 9.17) is 0 Å². The van der Waals surface area contributed by atoms with Crippen LogP contribution in [0.25, 0.3) is 18.2 Å². The van der Waals surface area contributed by atoms with Crippen molar-refractivity contribution in [1.29, 1.82) is 0 Å². The number of carbonyl (C=O) groups is 1. The molecular formula is C15H16O2. The summed E-state index contributed by atoms with van der Waals surface area (Å²) in [5, 5.41) is 0. The maximum atomic E-state index is 11.3. The highest BCUT2D eigenvalue weighted by molar-refractivity contribution is 5.93. The van der Waals surface area contributed by atoms with Gasteiger partial charge in [0.25, 0.3) is 0 Å². The number of benzene rings is 1. The molecular weight excluding hydrogens is 212 g/mol. The van der Waals surface area contributed by atoms with Crippen LogP contribution in [0.4, 0.5) is 0 Å². The number of rotatable bonds is 4. The second-order valence-electron chi connectivity index (χ2n) is 3.58. The fourth-order valence-corrected chi connectivity index (χ4v) is 1.59. The van der Waals surface area contributed by atoms with Crippen LogP contribution in [0.1, 0.15) is 23.6 Å². The smallest absolute Gasteiger partial charge is 0.333 e. The van der Waals surface area contributed by atoms with E-state index in [1.807, 2.05) is 18.2 Å². The van der Waals surface area contributed by atoms with E-state index in [2.05, 4.69) is 17.9 Å². The van der Waals surface area contributed by atoms with Crippen molar-refractivity contribution in [2.45, 2.75) is 6.92 Å². The van der Waals surface area contributed by atoms with Crippen molar-refractivity contribution in [3.8, 4) is 0 Å². The fraction of sp³-hybridized carbons (Fsp3) is 0.133. The first kappa shape index (κ1) is 13.0. The summed E-state index contributed by atoms with van der Waals surface area (Å²) in [5.41, 5.74) is 3.44. The number of hydrogen-bond acceptors (Lipinski definition) is 2. The van der Waals surface area contributed by atoms with Crippen LogP contribution in [0, 0.1) is 0 Å². The van der Waals surface area contributed by atoms with E-state index in [1.54, 1.807) is 25.2 Å². The summed E-state index contributed by atoms with van der Waals surface area (Å²) in [5.74, 6) is -0.330. The number of ether oxygens (including phenoxy) is 1. The van der Waals surface area contributed by atoms with Gasteiger partial charge >= 0.3 is 5.97 Å². The Morgan fingerprint density at radius 1 is 1.24 bits per heavy atom. The van der Waals surface area contributed by atoms with Gasteiger partial charge < -0.3 is 4.74 Å². The topological polar surface area (TPSA) is 26.3 Å². The molecule has 0 aliphatic carbocycles. The Morgan fingerprint density at radius 3 is 2.41 bits per heavy atom. The first-order valence-electron chi connectivity index (χ1n) is 5.28. The van der Waals surface area contributed by atoms with Crippen molar-refractivity contribution in [1.82, 2.24) is 0 Å². The monoisotopic (exact) mass is 228 g/mol. The van der Waals surface area contributed by atoms with Gasteiger partial charge in [-0.3, -0.25) is 0 Å². The molecule has 0 spiro atoms. The molecule has 0 amide bonds. The van der Waals surface area contributed by atoms with Gasteiger partial charge in [0.1, 0.15) is 0 Å². The summed E-state index contributed by atoms with van der Waals surface area (Å²) in [4.78, 5) is 11.3. The number of methoxy groups -OCH3 is 1. The van der Waals surface area contributed by atoms with E-state index in [9.17, 15) is 4.79 Å². The third-order valence-electron chi connectivity index (χ3n) is 2.48. The molecule has 17 heavy (non-hydrogen) atoms. The van der Waals surface area contributed by atoms with Crippen LogP contribution in [0.15, 0.2) is 36.9 Å². The predicted molar refractivity (Wildman–Crippen MR) is 72.3 cm³/mol. The lowest BCUT2D eigenvalue weighted by Crippen LogP contribution is -2.01. The Kier molecular flexibility index (Phi) is 4.46. The molecule has 88 valence electrons. The maximum absolute atomic E-state index is 11.3. The molecule has 0 aromatic heterocycles. The molecule has 0 aliphatic rings. The van der Waals surface area contributed by atoms with Gasteiger partial charge in [-0.1, -0.05) is 43.5 Å². The summed E-state index contributed by atoms with van der Waals surface area (Å²) in [6, 6.07) is 5.80. The summed E-state index contributed by atoms with van der Waals surface area (Å²) >= 11 is 0. The summed E-state index contributed by atoms with van der Waals surface area (Å²) in [6.07, 6.45) is 5.31. The van der Waals surface area contributed by atoms with Crippen molar-refractivity contribution in [3.05, 3.63) is 53.6 Å². The lowest BCUT2D eigenvalue weighted by atomic mass is 9.99. The minimum atomic E-state index is -0.330. The molecule has 0 bridgehead atoms. The molecule has 0 radical (unpaired) electrons. The van der Waals surface area contributed by atoms with Crippen molar-refractivity contribution < 1.29 is 9.53 Å². The van der Waals surface area contributed by atoms with E-state index in [0.29, 0.717) is 5.57 Å². The minimum absolute atomic E-state index is 0.330. The quantitative estimate of drug-likeness (QED) is 0.582. The van der Waals surface area contributed by atoms with E-state index in [1.165, 1.54) is 7.11 Å². The van der Waals surface area contributed by atoms with Crippen LogP contribution in [0.2, 0.25) is 0 Å². The summed E-state index contributed by atoms with van der Waals surface area (Å²) in [7, 11) is 1.37. The van der Waals surface area contributed by atoms with Gasteiger partial charge in [-0.25, -0.2) is 4.79 Å². The lowest BCUT2D eigenvalue weighted by molar-refractivity contribution is -0.135. The first-order valence-corrected chi connectivity index (χ1v) is 5.28. The second kappa shape index (κ2) is 5.85. The van der Waals surface area contributed by atoms with E-state index >= 15 is 0 Å². The van der Waals surface area contributed by atoms with Crippen molar-refractivity contribution in [3.63, 3.8) is 0 Å². The van der Waals surface area contributed by atoms with Crippen LogP contribution in [-0.2, 0) is 9.53 Å². The molecule has 1 aromatic rings. The van der Waals surface area contributed by atoms with E-state index < -0.39 is 0 Å². The average molecular weight is 228 g/mol. The molecule has 2 nitrogen and oxygen atoms in total. The molecule has 2 heteroatoms. The van der Waals surface area contributed by atoms with Gasteiger partial charge in [-0.2, -0.15) is 0 Å². The van der Waals surface area contributed by atoms with Crippen molar-refractivity contribution >= 4 is 24.2 Å². The van der Waals surface area contributed by atoms with Gasteiger partial charge in [-0.15, -0.1) is 0 Å². The van der Waals surface area contributed by atoms with Crippen LogP contribution in [0.3, 0.4) is 0 Å². The number of hydrogen-bond donors (Lipinski definition) is 0. The number of carbonyl (C=O) groups excluding carboxylic acids is 1. The first-order chi connectivity index (χ1) is 8.13. The molecule has 0 unspecified atom stereocenters. The SMILES string of the molecule is C=Cc1cccc(/C=C(\C)C(=O)OC)c1C=C. The third kappa shape index (κ3) is 2.94. The molecule has 0 atom stereocenters.